The molecule has 4 rings (SSSR count). The third kappa shape index (κ3) is 4.11. The summed E-state index contributed by atoms with van der Waals surface area (Å²) in [7, 11) is 0. The largest absolute Gasteiger partial charge is 0.308 e. The van der Waals surface area contributed by atoms with Crippen LogP contribution in [-0.2, 0) is 6.54 Å². The molecule has 0 spiro atoms. The lowest BCUT2D eigenvalue weighted by atomic mass is 9.92. The van der Waals surface area contributed by atoms with Crippen molar-refractivity contribution in [1.82, 2.24) is 15.3 Å². The van der Waals surface area contributed by atoms with Crippen LogP contribution in [-0.4, -0.2) is 16.0 Å². The van der Waals surface area contributed by atoms with Gasteiger partial charge >= 0.3 is 0 Å². The zero-order valence-electron chi connectivity index (χ0n) is 18.0. The van der Waals surface area contributed by atoms with Crippen LogP contribution in [0.15, 0.2) is 48.8 Å². The molecule has 0 radical (unpaired) electrons. The summed E-state index contributed by atoms with van der Waals surface area (Å²) in [6.45, 7) is 9.54. The summed E-state index contributed by atoms with van der Waals surface area (Å²) < 4.78 is 0. The minimum absolute atomic E-state index is 0.473. The highest BCUT2D eigenvalue weighted by atomic mass is 14.9. The maximum absolute atomic E-state index is 4.82. The Kier molecular flexibility index (Phi) is 5.77. The number of aromatic nitrogens is 2. The number of benzene rings is 1. The molecule has 0 saturated heterocycles. The number of pyridine rings is 2. The van der Waals surface area contributed by atoms with Crippen molar-refractivity contribution in [3.63, 3.8) is 0 Å². The highest BCUT2D eigenvalue weighted by Crippen LogP contribution is 2.36. The van der Waals surface area contributed by atoms with Crippen LogP contribution >= 0.6 is 0 Å². The molecule has 0 amide bonds. The van der Waals surface area contributed by atoms with Gasteiger partial charge in [0.1, 0.15) is 0 Å². The molecule has 0 bridgehead atoms. The topological polar surface area (TPSA) is 37.8 Å². The first-order valence-corrected chi connectivity index (χ1v) is 10.7. The Labute approximate surface area is 174 Å². The van der Waals surface area contributed by atoms with E-state index in [1.165, 1.54) is 58.3 Å². The summed E-state index contributed by atoms with van der Waals surface area (Å²) in [5, 5.41) is 3.78. The van der Waals surface area contributed by atoms with Gasteiger partial charge in [0.2, 0.25) is 0 Å². The lowest BCUT2D eigenvalue weighted by Crippen LogP contribution is -2.32. The van der Waals surface area contributed by atoms with E-state index in [9.17, 15) is 0 Å². The van der Waals surface area contributed by atoms with Gasteiger partial charge in [-0.3, -0.25) is 9.97 Å². The van der Waals surface area contributed by atoms with Gasteiger partial charge in [0.25, 0.3) is 0 Å². The minimum Gasteiger partial charge on any atom is -0.308 e. The third-order valence-electron chi connectivity index (χ3n) is 6.63. The molecular formula is C26H31N3. The van der Waals surface area contributed by atoms with E-state index < -0.39 is 0 Å². The van der Waals surface area contributed by atoms with E-state index >= 15 is 0 Å². The van der Waals surface area contributed by atoms with Gasteiger partial charge in [-0.2, -0.15) is 0 Å². The Morgan fingerprint density at radius 3 is 2.45 bits per heavy atom. The van der Waals surface area contributed by atoms with Crippen LogP contribution in [0.5, 0.6) is 0 Å². The molecule has 1 fully saturated rings. The zero-order chi connectivity index (χ0) is 20.4. The van der Waals surface area contributed by atoms with Crippen molar-refractivity contribution in [3.05, 3.63) is 82.4 Å². The van der Waals surface area contributed by atoms with E-state index in [1.807, 2.05) is 12.4 Å². The van der Waals surface area contributed by atoms with Crippen LogP contribution in [0.25, 0.3) is 11.1 Å². The van der Waals surface area contributed by atoms with E-state index in [-0.39, 0.29) is 0 Å². The van der Waals surface area contributed by atoms with Gasteiger partial charge in [0.15, 0.2) is 0 Å². The number of hydrogen-bond donors (Lipinski definition) is 1. The maximum atomic E-state index is 4.82. The van der Waals surface area contributed by atoms with E-state index in [2.05, 4.69) is 69.4 Å². The summed E-state index contributed by atoms with van der Waals surface area (Å²) in [6.07, 6.45) is 7.73. The Balaban J connectivity index is 1.45. The molecule has 150 valence electrons. The summed E-state index contributed by atoms with van der Waals surface area (Å²) in [4.78, 5) is 9.54. The second-order valence-electron chi connectivity index (χ2n) is 8.45. The minimum atomic E-state index is 0.473. The number of rotatable bonds is 5. The predicted octanol–water partition coefficient (Wildman–Crippen LogP) is 5.80. The van der Waals surface area contributed by atoms with E-state index in [0.717, 1.165) is 12.2 Å². The van der Waals surface area contributed by atoms with Crippen molar-refractivity contribution in [2.45, 2.75) is 65.5 Å². The highest BCUT2D eigenvalue weighted by Gasteiger charge is 2.30. The maximum Gasteiger partial charge on any atom is 0.0542 e. The van der Waals surface area contributed by atoms with Crippen LogP contribution in [0.4, 0.5) is 0 Å². The number of hydrogen-bond acceptors (Lipinski definition) is 3. The number of nitrogens with zero attached hydrogens (tertiary/aromatic N) is 2. The zero-order valence-corrected chi connectivity index (χ0v) is 18.0. The molecule has 1 N–H and O–H groups in total. The second-order valence-corrected chi connectivity index (χ2v) is 8.45. The first-order chi connectivity index (χ1) is 14.0. The Morgan fingerprint density at radius 2 is 1.69 bits per heavy atom. The highest BCUT2D eigenvalue weighted by molar-refractivity contribution is 5.66. The molecule has 29 heavy (non-hydrogen) atoms. The van der Waals surface area contributed by atoms with Crippen LogP contribution in [0.2, 0.25) is 0 Å². The quantitative estimate of drug-likeness (QED) is 0.603. The van der Waals surface area contributed by atoms with Crippen molar-refractivity contribution in [2.24, 2.45) is 0 Å². The van der Waals surface area contributed by atoms with Gasteiger partial charge in [-0.15, -0.1) is 0 Å². The normalized spacial score (nSPS) is 18.9. The Hall–Kier alpha value is -2.52. The van der Waals surface area contributed by atoms with Crippen molar-refractivity contribution in [1.29, 1.82) is 0 Å². The van der Waals surface area contributed by atoms with Crippen molar-refractivity contribution < 1.29 is 0 Å². The van der Waals surface area contributed by atoms with Gasteiger partial charge in [-0.1, -0.05) is 36.8 Å². The molecule has 1 saturated carbocycles. The SMILES string of the molecule is Cc1ccccc1-c1ccc(CNC2CCCC2c2ncc(C)c(C)c2C)nc1. The van der Waals surface area contributed by atoms with Gasteiger partial charge in [0, 0.05) is 42.2 Å². The predicted molar refractivity (Wildman–Crippen MR) is 120 cm³/mol. The van der Waals surface area contributed by atoms with Crippen LogP contribution in [0.3, 0.4) is 0 Å². The summed E-state index contributed by atoms with van der Waals surface area (Å²) >= 11 is 0. The van der Waals surface area contributed by atoms with E-state index in [1.54, 1.807) is 0 Å². The molecule has 1 aliphatic rings. The first-order valence-electron chi connectivity index (χ1n) is 10.7. The summed E-state index contributed by atoms with van der Waals surface area (Å²) in [5.41, 5.74) is 10.1. The monoisotopic (exact) mass is 385 g/mol. The fourth-order valence-electron chi connectivity index (χ4n) is 4.57. The summed E-state index contributed by atoms with van der Waals surface area (Å²) in [5.74, 6) is 0.501. The smallest absolute Gasteiger partial charge is 0.0542 e. The number of aryl methyl sites for hydroxylation is 2. The van der Waals surface area contributed by atoms with Gasteiger partial charge in [0.05, 0.1) is 5.69 Å². The van der Waals surface area contributed by atoms with Crippen molar-refractivity contribution >= 4 is 0 Å². The van der Waals surface area contributed by atoms with Crippen LogP contribution in [0, 0.1) is 27.7 Å². The van der Waals surface area contributed by atoms with Crippen molar-refractivity contribution in [3.8, 4) is 11.1 Å². The van der Waals surface area contributed by atoms with Gasteiger partial charge in [-0.25, -0.2) is 0 Å². The van der Waals surface area contributed by atoms with E-state index in [4.69, 9.17) is 9.97 Å². The molecule has 1 aliphatic carbocycles. The third-order valence-corrected chi connectivity index (χ3v) is 6.63. The fraction of sp³-hybridized carbons (Fsp3) is 0.385. The fourth-order valence-corrected chi connectivity index (χ4v) is 4.57. The van der Waals surface area contributed by atoms with Gasteiger partial charge < -0.3 is 5.32 Å². The van der Waals surface area contributed by atoms with Crippen molar-refractivity contribution in [2.75, 3.05) is 0 Å². The average molecular weight is 386 g/mol. The molecule has 3 aromatic rings. The second kappa shape index (κ2) is 8.46. The molecule has 3 heteroatoms. The molecule has 2 heterocycles. The number of nitrogens with one attached hydrogen (secondary N) is 1. The van der Waals surface area contributed by atoms with Crippen LogP contribution < -0.4 is 5.32 Å². The van der Waals surface area contributed by atoms with Crippen LogP contribution in [0.1, 0.15) is 58.8 Å². The average Bonchev–Trinajstić information content (AvgIpc) is 3.20. The molecule has 2 atom stereocenters. The Morgan fingerprint density at radius 1 is 0.862 bits per heavy atom. The van der Waals surface area contributed by atoms with Gasteiger partial charge in [-0.05, 0) is 74.4 Å². The molecule has 1 aromatic carbocycles. The lowest BCUT2D eigenvalue weighted by Gasteiger charge is -2.23. The molecule has 0 aliphatic heterocycles. The summed E-state index contributed by atoms with van der Waals surface area (Å²) in [6, 6.07) is 13.3. The Bertz CT molecular complexity index is 991. The molecule has 2 unspecified atom stereocenters. The molecule has 3 nitrogen and oxygen atoms in total. The molecule has 2 aromatic heterocycles. The molecular weight excluding hydrogens is 354 g/mol. The first kappa shape index (κ1) is 19.8. The standard InChI is InChI=1S/C26H31N3/c1-17-8-5-6-9-23(17)21-12-13-22(27-15-21)16-28-25-11-7-10-24(25)26-20(4)19(3)18(2)14-29-26/h5-6,8-9,12-15,24-25,28H,7,10-11,16H2,1-4H3. The lowest BCUT2D eigenvalue weighted by molar-refractivity contribution is 0.467. The van der Waals surface area contributed by atoms with E-state index in [0.29, 0.717) is 12.0 Å².